The van der Waals surface area contributed by atoms with E-state index in [-0.39, 0.29) is 17.2 Å². The Bertz CT molecular complexity index is 387. The van der Waals surface area contributed by atoms with Gasteiger partial charge >= 0.3 is 0 Å². The van der Waals surface area contributed by atoms with Crippen molar-refractivity contribution >= 4 is 5.78 Å². The summed E-state index contributed by atoms with van der Waals surface area (Å²) in [6.45, 7) is 3.97. The third-order valence-corrected chi connectivity index (χ3v) is 3.64. The molecule has 0 aliphatic heterocycles. The van der Waals surface area contributed by atoms with Gasteiger partial charge in [-0.3, -0.25) is 9.78 Å². The lowest BCUT2D eigenvalue weighted by Crippen LogP contribution is -2.45. The van der Waals surface area contributed by atoms with E-state index in [1.54, 1.807) is 6.07 Å². The molecular formula is C12H14FNO. The molecule has 80 valence electrons. The second kappa shape index (κ2) is 3.40. The number of carbonyl (C=O) groups excluding carboxylic acids is 1. The molecule has 1 aliphatic rings. The summed E-state index contributed by atoms with van der Waals surface area (Å²) < 4.78 is 12.7. The fourth-order valence-electron chi connectivity index (χ4n) is 2.17. The summed E-state index contributed by atoms with van der Waals surface area (Å²) in [4.78, 5) is 15.6. The van der Waals surface area contributed by atoms with E-state index in [4.69, 9.17) is 0 Å². The maximum absolute atomic E-state index is 12.7. The van der Waals surface area contributed by atoms with Crippen molar-refractivity contribution in [3.63, 3.8) is 0 Å². The van der Waals surface area contributed by atoms with E-state index in [9.17, 15) is 9.18 Å². The summed E-state index contributed by atoms with van der Waals surface area (Å²) in [5.74, 6) is 0.124. The number of nitrogens with zero attached hydrogens (tertiary/aromatic N) is 1. The topological polar surface area (TPSA) is 30.0 Å². The highest BCUT2D eigenvalue weighted by Gasteiger charge is 2.50. The minimum atomic E-state index is -0.331. The predicted molar refractivity (Wildman–Crippen MR) is 55.0 cm³/mol. The molecule has 15 heavy (non-hydrogen) atoms. The molecule has 0 saturated heterocycles. The minimum absolute atomic E-state index is 0.163. The maximum atomic E-state index is 12.7. The van der Waals surface area contributed by atoms with Gasteiger partial charge in [-0.2, -0.15) is 0 Å². The molecule has 1 aromatic rings. The van der Waals surface area contributed by atoms with E-state index in [0.29, 0.717) is 12.2 Å². The SMILES string of the molecule is CCC1(C)C(=O)CC1c1ccc(F)cn1. The van der Waals surface area contributed by atoms with Gasteiger partial charge in [0.05, 0.1) is 6.20 Å². The second-order valence-corrected chi connectivity index (χ2v) is 4.35. The molecule has 1 aliphatic carbocycles. The van der Waals surface area contributed by atoms with Crippen LogP contribution in [0.1, 0.15) is 38.3 Å². The van der Waals surface area contributed by atoms with Gasteiger partial charge in [0.2, 0.25) is 0 Å². The lowest BCUT2D eigenvalue weighted by Gasteiger charge is -2.44. The Balaban J connectivity index is 2.26. The molecule has 2 unspecified atom stereocenters. The van der Waals surface area contributed by atoms with Gasteiger partial charge in [-0.15, -0.1) is 0 Å². The summed E-state index contributed by atoms with van der Waals surface area (Å²) in [6, 6.07) is 3.08. The number of halogens is 1. The first kappa shape index (κ1) is 10.3. The van der Waals surface area contributed by atoms with Gasteiger partial charge in [0.25, 0.3) is 0 Å². The molecule has 1 fully saturated rings. The molecule has 1 saturated carbocycles. The lowest BCUT2D eigenvalue weighted by molar-refractivity contribution is -0.139. The van der Waals surface area contributed by atoms with Gasteiger partial charge in [-0.1, -0.05) is 13.8 Å². The standard InChI is InChI=1S/C12H14FNO/c1-3-12(2)9(6-11(12)15)10-5-4-8(13)7-14-10/h4-5,7,9H,3,6H2,1-2H3. The molecule has 0 spiro atoms. The number of rotatable bonds is 2. The smallest absolute Gasteiger partial charge is 0.141 e. The molecule has 0 aromatic carbocycles. The Kier molecular flexibility index (Phi) is 2.33. The largest absolute Gasteiger partial charge is 0.299 e. The highest BCUT2D eigenvalue weighted by atomic mass is 19.1. The molecule has 2 nitrogen and oxygen atoms in total. The van der Waals surface area contributed by atoms with Crippen molar-refractivity contribution in [2.75, 3.05) is 0 Å². The number of hydrogen-bond donors (Lipinski definition) is 0. The molecule has 1 heterocycles. The second-order valence-electron chi connectivity index (χ2n) is 4.35. The summed E-state index contributed by atoms with van der Waals surface area (Å²) >= 11 is 0. The lowest BCUT2D eigenvalue weighted by atomic mass is 9.57. The molecule has 0 bridgehead atoms. The molecule has 0 radical (unpaired) electrons. The van der Waals surface area contributed by atoms with Gasteiger partial charge in [-0.25, -0.2) is 4.39 Å². The normalized spacial score (nSPS) is 30.1. The Morgan fingerprint density at radius 1 is 1.60 bits per heavy atom. The number of Topliss-reactive ketones (excluding diaryl/α,β-unsaturated/α-hetero) is 1. The van der Waals surface area contributed by atoms with Crippen LogP contribution in [0.2, 0.25) is 0 Å². The van der Waals surface area contributed by atoms with Gasteiger partial charge in [0.15, 0.2) is 0 Å². The van der Waals surface area contributed by atoms with Crippen molar-refractivity contribution in [1.82, 2.24) is 4.98 Å². The molecule has 2 atom stereocenters. The van der Waals surface area contributed by atoms with E-state index in [1.165, 1.54) is 12.3 Å². The zero-order chi connectivity index (χ0) is 11.1. The van der Waals surface area contributed by atoms with E-state index >= 15 is 0 Å². The molecule has 0 N–H and O–H groups in total. The van der Waals surface area contributed by atoms with Crippen molar-refractivity contribution in [1.29, 1.82) is 0 Å². The van der Waals surface area contributed by atoms with Crippen molar-refractivity contribution in [3.05, 3.63) is 29.8 Å². The van der Waals surface area contributed by atoms with Gasteiger partial charge in [-0.05, 0) is 18.6 Å². The molecule has 2 rings (SSSR count). The van der Waals surface area contributed by atoms with Gasteiger partial charge in [0.1, 0.15) is 11.6 Å². The monoisotopic (exact) mass is 207 g/mol. The van der Waals surface area contributed by atoms with Crippen LogP contribution in [0.5, 0.6) is 0 Å². The summed E-state index contributed by atoms with van der Waals surface area (Å²) in [6.07, 6.45) is 2.58. The van der Waals surface area contributed by atoms with Crippen molar-refractivity contribution < 1.29 is 9.18 Å². The van der Waals surface area contributed by atoms with Crippen molar-refractivity contribution in [3.8, 4) is 0 Å². The highest BCUT2D eigenvalue weighted by Crippen LogP contribution is 2.51. The Morgan fingerprint density at radius 2 is 2.33 bits per heavy atom. The zero-order valence-electron chi connectivity index (χ0n) is 8.96. The maximum Gasteiger partial charge on any atom is 0.141 e. The highest BCUT2D eigenvalue weighted by molar-refractivity contribution is 5.92. The van der Waals surface area contributed by atoms with Crippen LogP contribution in [-0.2, 0) is 4.79 Å². The number of carbonyl (C=O) groups is 1. The number of hydrogen-bond acceptors (Lipinski definition) is 2. The van der Waals surface area contributed by atoms with Gasteiger partial charge in [0, 0.05) is 23.4 Å². The summed E-state index contributed by atoms with van der Waals surface area (Å²) in [5.41, 5.74) is 0.547. The van der Waals surface area contributed by atoms with Crippen LogP contribution in [-0.4, -0.2) is 10.8 Å². The van der Waals surface area contributed by atoms with Crippen LogP contribution in [0.15, 0.2) is 18.3 Å². The Labute approximate surface area is 88.5 Å². The van der Waals surface area contributed by atoms with E-state index < -0.39 is 0 Å². The van der Waals surface area contributed by atoms with Gasteiger partial charge < -0.3 is 0 Å². The summed E-state index contributed by atoms with van der Waals surface area (Å²) in [7, 11) is 0. The molecule has 3 heteroatoms. The number of ketones is 1. The third-order valence-electron chi connectivity index (χ3n) is 3.64. The average Bonchev–Trinajstić information content (AvgIpc) is 2.26. The Morgan fingerprint density at radius 3 is 2.80 bits per heavy atom. The van der Waals surface area contributed by atoms with E-state index in [0.717, 1.165) is 12.1 Å². The average molecular weight is 207 g/mol. The first-order valence-corrected chi connectivity index (χ1v) is 5.22. The third kappa shape index (κ3) is 1.46. The quantitative estimate of drug-likeness (QED) is 0.746. The van der Waals surface area contributed by atoms with Crippen molar-refractivity contribution in [2.45, 2.75) is 32.6 Å². The van der Waals surface area contributed by atoms with Crippen LogP contribution in [0.3, 0.4) is 0 Å². The minimum Gasteiger partial charge on any atom is -0.299 e. The van der Waals surface area contributed by atoms with Crippen LogP contribution in [0.25, 0.3) is 0 Å². The summed E-state index contributed by atoms with van der Waals surface area (Å²) in [5, 5.41) is 0. The molecule has 1 aromatic heterocycles. The fourth-order valence-corrected chi connectivity index (χ4v) is 2.17. The van der Waals surface area contributed by atoms with Crippen LogP contribution in [0.4, 0.5) is 4.39 Å². The van der Waals surface area contributed by atoms with Crippen LogP contribution >= 0.6 is 0 Å². The number of pyridine rings is 1. The van der Waals surface area contributed by atoms with E-state index in [2.05, 4.69) is 4.98 Å². The fraction of sp³-hybridized carbons (Fsp3) is 0.500. The first-order valence-electron chi connectivity index (χ1n) is 5.22. The molecular weight excluding hydrogens is 193 g/mol. The number of aromatic nitrogens is 1. The van der Waals surface area contributed by atoms with Crippen molar-refractivity contribution in [2.24, 2.45) is 5.41 Å². The van der Waals surface area contributed by atoms with Crippen LogP contribution < -0.4 is 0 Å². The van der Waals surface area contributed by atoms with E-state index in [1.807, 2.05) is 13.8 Å². The zero-order valence-corrected chi connectivity index (χ0v) is 8.96. The Hall–Kier alpha value is -1.25. The first-order chi connectivity index (χ1) is 7.08. The van der Waals surface area contributed by atoms with Crippen LogP contribution in [0, 0.1) is 11.2 Å². The predicted octanol–water partition coefficient (Wildman–Crippen LogP) is 2.69. The molecule has 0 amide bonds.